The van der Waals surface area contributed by atoms with Crippen LogP contribution < -0.4 is 0 Å². The molecule has 0 saturated heterocycles. The summed E-state index contributed by atoms with van der Waals surface area (Å²) in [6.07, 6.45) is 2.89. The van der Waals surface area contributed by atoms with Gasteiger partial charge in [0, 0.05) is 0 Å². The van der Waals surface area contributed by atoms with Crippen LogP contribution in [0.15, 0.2) is 11.1 Å². The van der Waals surface area contributed by atoms with Crippen LogP contribution in [0.4, 0.5) is 0 Å². The summed E-state index contributed by atoms with van der Waals surface area (Å²) < 4.78 is 0. The topological polar surface area (TPSA) is 12.4 Å². The van der Waals surface area contributed by atoms with Crippen LogP contribution in [0.1, 0.15) is 0 Å². The first kappa shape index (κ1) is 5.86. The maximum absolute atomic E-state index is 4.91. The molecule has 31 valence electrons. The third kappa shape index (κ3) is 3.86. The normalized spacial score (nSPS) is 8.50. The molecule has 0 unspecified atom stereocenters. The van der Waals surface area contributed by atoms with Gasteiger partial charge in [0.05, 0.1) is 0 Å². The van der Waals surface area contributed by atoms with Gasteiger partial charge in [-0.3, -0.25) is 0 Å². The Morgan fingerprint density at radius 3 is 2.50 bits per heavy atom. The molecule has 0 spiro atoms. The van der Waals surface area contributed by atoms with E-state index in [1.165, 1.54) is 12.3 Å². The van der Waals surface area contributed by atoms with E-state index < -0.39 is 0 Å². The molecule has 0 aliphatic rings. The van der Waals surface area contributed by atoms with Crippen LogP contribution in [-0.4, -0.2) is 11.1 Å². The second-order valence-electron chi connectivity index (χ2n) is 0.606. The average molecular weight is 117 g/mol. The molecule has 0 N–H and O–H groups in total. The van der Waals surface area contributed by atoms with Gasteiger partial charge in [-0.25, -0.2) is 0 Å². The number of hydrogen-bond donors (Lipinski definition) is 0. The fraction of sp³-hybridized carbons (Fsp3) is 0. The number of nitrogens with zero attached hydrogens (tertiary/aromatic N) is 1. The van der Waals surface area contributed by atoms with Crippen LogP contribution in [0.5, 0.6) is 0 Å². The molecule has 0 bridgehead atoms. The molecule has 0 amide bonds. The molecule has 2 heteroatoms. The second-order valence-corrected chi connectivity index (χ2v) is 0.967. The first-order chi connectivity index (χ1) is 2.91. The van der Waals surface area contributed by atoms with E-state index in [0.29, 0.717) is 0 Å². The van der Waals surface area contributed by atoms with Crippen molar-refractivity contribution in [2.24, 2.45) is 4.99 Å². The standard InChI is InChI=1S/C4H4N.V/c1-3-4-5-2;/h1-4H;/q-1;. The molecule has 0 aliphatic carbocycles. The van der Waals surface area contributed by atoms with E-state index in [1.807, 2.05) is 0 Å². The summed E-state index contributed by atoms with van der Waals surface area (Å²) in [5.41, 5.74) is 0. The molecule has 0 radical (unpaired) electrons. The molecule has 0 aromatic carbocycles. The van der Waals surface area contributed by atoms with Crippen molar-refractivity contribution in [1.29, 1.82) is 0 Å². The zero-order chi connectivity index (χ0) is 4.83. The van der Waals surface area contributed by atoms with Crippen molar-refractivity contribution in [3.63, 3.8) is 0 Å². The SMILES string of the molecule is [CH-]=CC=N[CH]=[V]. The Morgan fingerprint density at radius 2 is 2.33 bits per heavy atom. The van der Waals surface area contributed by atoms with Crippen molar-refractivity contribution >= 4 is 11.1 Å². The number of aliphatic imine (C=N–C) groups is 1. The molecule has 0 fully saturated rings. The van der Waals surface area contributed by atoms with Crippen molar-refractivity contribution < 1.29 is 17.0 Å². The van der Waals surface area contributed by atoms with Crippen molar-refractivity contribution in [1.82, 2.24) is 0 Å². The van der Waals surface area contributed by atoms with Crippen molar-refractivity contribution in [3.8, 4) is 0 Å². The zero-order valence-corrected chi connectivity index (χ0v) is 4.60. The number of rotatable bonds is 2. The number of hydrogen-bond acceptors (Lipinski definition) is 1. The van der Waals surface area contributed by atoms with Gasteiger partial charge in [-0.05, 0) is 0 Å². The Morgan fingerprint density at radius 1 is 1.67 bits per heavy atom. The van der Waals surface area contributed by atoms with Crippen LogP contribution in [0, 0.1) is 6.58 Å². The monoisotopic (exact) mass is 117 g/mol. The molecular weight excluding hydrogens is 113 g/mol. The van der Waals surface area contributed by atoms with Crippen LogP contribution in [-0.2, 0) is 17.0 Å². The van der Waals surface area contributed by atoms with Gasteiger partial charge in [-0.2, -0.15) is 0 Å². The van der Waals surface area contributed by atoms with E-state index in [4.69, 9.17) is 6.58 Å². The summed E-state index contributed by atoms with van der Waals surface area (Å²) >= 11 is 2.21. The predicted molar refractivity (Wildman–Crippen MR) is 23.4 cm³/mol. The van der Waals surface area contributed by atoms with Crippen LogP contribution in [0.3, 0.4) is 0 Å². The van der Waals surface area contributed by atoms with E-state index in [2.05, 4.69) is 22.0 Å². The van der Waals surface area contributed by atoms with Crippen LogP contribution in [0.2, 0.25) is 0 Å². The van der Waals surface area contributed by atoms with Gasteiger partial charge in [-0.1, -0.05) is 0 Å². The van der Waals surface area contributed by atoms with Crippen LogP contribution >= 0.6 is 0 Å². The molecular formula is C4H4NV-. The molecule has 0 aliphatic heterocycles. The van der Waals surface area contributed by atoms with E-state index in [0.717, 1.165) is 0 Å². The minimum atomic E-state index is 1.38. The summed E-state index contributed by atoms with van der Waals surface area (Å²) in [7, 11) is 0. The molecule has 6 heavy (non-hydrogen) atoms. The van der Waals surface area contributed by atoms with Crippen molar-refractivity contribution in [2.75, 3.05) is 0 Å². The van der Waals surface area contributed by atoms with Gasteiger partial charge in [0.25, 0.3) is 0 Å². The Hall–Kier alpha value is -0.136. The summed E-state index contributed by atoms with van der Waals surface area (Å²) in [6.45, 7) is 4.91. The predicted octanol–water partition coefficient (Wildman–Crippen LogP) is 0.353. The van der Waals surface area contributed by atoms with Gasteiger partial charge in [0.2, 0.25) is 0 Å². The zero-order valence-electron chi connectivity index (χ0n) is 3.20. The van der Waals surface area contributed by atoms with Gasteiger partial charge >= 0.3 is 45.7 Å². The number of allylic oxidation sites excluding steroid dienone is 1. The first-order valence-corrected chi connectivity index (χ1v) is 2.25. The minimum absolute atomic E-state index is 1.38. The molecule has 0 atom stereocenters. The van der Waals surface area contributed by atoms with Gasteiger partial charge < -0.3 is 0 Å². The molecule has 0 heterocycles. The van der Waals surface area contributed by atoms with Gasteiger partial charge in [0.1, 0.15) is 0 Å². The Balaban J connectivity index is 3.17. The van der Waals surface area contributed by atoms with Crippen molar-refractivity contribution in [3.05, 3.63) is 12.7 Å². The summed E-state index contributed by atoms with van der Waals surface area (Å²) in [6, 6.07) is 0. The van der Waals surface area contributed by atoms with E-state index in [-0.39, 0.29) is 0 Å². The quantitative estimate of drug-likeness (QED) is 0.365. The average Bonchev–Trinajstić information content (AvgIpc) is 1.61. The van der Waals surface area contributed by atoms with Gasteiger partial charge in [0.15, 0.2) is 0 Å². The third-order valence-corrected chi connectivity index (χ3v) is 0.447. The van der Waals surface area contributed by atoms with Gasteiger partial charge in [-0.15, -0.1) is 0 Å². The Kier molecular flexibility index (Phi) is 4.75. The maximum atomic E-state index is 4.91. The van der Waals surface area contributed by atoms with E-state index >= 15 is 0 Å². The molecule has 0 saturated carbocycles. The fourth-order valence-electron chi connectivity index (χ4n) is 0.0882. The Bertz CT molecular complexity index is 65.6. The van der Waals surface area contributed by atoms with E-state index in [1.54, 1.807) is 4.85 Å². The molecule has 0 aromatic rings. The van der Waals surface area contributed by atoms with Crippen molar-refractivity contribution in [2.45, 2.75) is 0 Å². The Labute approximate surface area is 46.3 Å². The molecule has 0 aromatic heterocycles. The molecule has 1 nitrogen and oxygen atoms in total. The van der Waals surface area contributed by atoms with E-state index in [9.17, 15) is 0 Å². The summed E-state index contributed by atoms with van der Waals surface area (Å²) in [5.74, 6) is 0. The first-order valence-electron chi connectivity index (χ1n) is 1.44. The van der Waals surface area contributed by atoms with Crippen LogP contribution in [0.25, 0.3) is 0 Å². The molecule has 0 rings (SSSR count). The summed E-state index contributed by atoms with van der Waals surface area (Å²) in [4.78, 5) is 5.24. The summed E-state index contributed by atoms with van der Waals surface area (Å²) in [5, 5.41) is 0. The third-order valence-electron chi connectivity index (χ3n) is 0.239. The second kappa shape index (κ2) is 4.86. The fourth-order valence-corrected chi connectivity index (χ4v) is 0.208.